The van der Waals surface area contributed by atoms with Gasteiger partial charge in [0.1, 0.15) is 5.75 Å². The number of benzene rings is 1. The molecular weight excluding hydrogens is 284 g/mol. The van der Waals surface area contributed by atoms with Crippen molar-refractivity contribution in [2.24, 2.45) is 5.92 Å². The van der Waals surface area contributed by atoms with Crippen LogP contribution in [-0.2, 0) is 0 Å². The maximum Gasteiger partial charge on any atom is 0.197 e. The summed E-state index contributed by atoms with van der Waals surface area (Å²) in [7, 11) is 0. The van der Waals surface area contributed by atoms with E-state index in [1.54, 1.807) is 0 Å². The van der Waals surface area contributed by atoms with Gasteiger partial charge in [-0.2, -0.15) is 0 Å². The molecule has 0 spiro atoms. The second kappa shape index (κ2) is 9.97. The molecule has 1 aromatic rings. The van der Waals surface area contributed by atoms with Crippen molar-refractivity contribution in [3.05, 3.63) is 29.8 Å². The minimum Gasteiger partial charge on any atom is -0.465 e. The van der Waals surface area contributed by atoms with Crippen molar-refractivity contribution in [1.82, 2.24) is 0 Å². The highest BCUT2D eigenvalue weighted by Crippen LogP contribution is 2.37. The number of hydrogen-bond acceptors (Lipinski definition) is 2. The summed E-state index contributed by atoms with van der Waals surface area (Å²) in [6.07, 6.45) is 11.5. The highest BCUT2D eigenvalue weighted by atomic mass is 16.6. The number of rotatable bonds is 9. The van der Waals surface area contributed by atoms with Crippen LogP contribution >= 0.6 is 0 Å². The Hall–Kier alpha value is -1.02. The highest BCUT2D eigenvalue weighted by molar-refractivity contribution is 5.29. The zero-order valence-corrected chi connectivity index (χ0v) is 15.0. The molecule has 130 valence electrons. The quantitative estimate of drug-likeness (QED) is 0.444. The number of aliphatic hydroxyl groups is 1. The van der Waals surface area contributed by atoms with E-state index >= 15 is 0 Å². The van der Waals surface area contributed by atoms with Crippen molar-refractivity contribution in [2.45, 2.75) is 90.3 Å². The molecule has 1 aliphatic carbocycles. The fourth-order valence-corrected chi connectivity index (χ4v) is 3.80. The van der Waals surface area contributed by atoms with Crippen LogP contribution in [-0.4, -0.2) is 11.4 Å². The van der Waals surface area contributed by atoms with Gasteiger partial charge in [-0.25, -0.2) is 0 Å². The van der Waals surface area contributed by atoms with E-state index in [1.807, 2.05) is 12.1 Å². The van der Waals surface area contributed by atoms with Crippen LogP contribution in [0.3, 0.4) is 0 Å². The van der Waals surface area contributed by atoms with Crippen molar-refractivity contribution in [3.8, 4) is 5.75 Å². The van der Waals surface area contributed by atoms with Gasteiger partial charge in [0.05, 0.1) is 0 Å². The van der Waals surface area contributed by atoms with Crippen LogP contribution in [0.5, 0.6) is 5.75 Å². The fourth-order valence-electron chi connectivity index (χ4n) is 3.80. The van der Waals surface area contributed by atoms with Gasteiger partial charge < -0.3 is 9.84 Å². The van der Waals surface area contributed by atoms with E-state index in [0.717, 1.165) is 30.9 Å². The number of aliphatic hydroxyl groups excluding tert-OH is 1. The molecule has 0 heterocycles. The molecular formula is C21H34O2. The Morgan fingerprint density at radius 1 is 1.00 bits per heavy atom. The first kappa shape index (κ1) is 18.3. The van der Waals surface area contributed by atoms with E-state index in [1.165, 1.54) is 50.5 Å². The molecule has 23 heavy (non-hydrogen) atoms. The molecule has 2 heteroatoms. The van der Waals surface area contributed by atoms with Gasteiger partial charge in [0.25, 0.3) is 0 Å². The van der Waals surface area contributed by atoms with Crippen LogP contribution in [0.15, 0.2) is 24.3 Å². The second-order valence-corrected chi connectivity index (χ2v) is 7.14. The van der Waals surface area contributed by atoms with Crippen molar-refractivity contribution in [1.29, 1.82) is 0 Å². The van der Waals surface area contributed by atoms with E-state index in [4.69, 9.17) is 4.74 Å². The first-order chi connectivity index (χ1) is 11.2. The lowest BCUT2D eigenvalue weighted by Crippen LogP contribution is -2.15. The van der Waals surface area contributed by atoms with E-state index in [0.29, 0.717) is 5.92 Å². The SMILES string of the molecule is CCCCCC(O)Oc1ccc([C@H]2CC[C@H](CCC)CC2)cc1. The van der Waals surface area contributed by atoms with E-state index < -0.39 is 6.29 Å². The molecule has 2 nitrogen and oxygen atoms in total. The van der Waals surface area contributed by atoms with Crippen molar-refractivity contribution >= 4 is 0 Å². The molecule has 1 saturated carbocycles. The number of hydrogen-bond donors (Lipinski definition) is 1. The molecule has 1 unspecified atom stereocenters. The second-order valence-electron chi connectivity index (χ2n) is 7.14. The Morgan fingerprint density at radius 2 is 1.70 bits per heavy atom. The minimum absolute atomic E-state index is 0.670. The summed E-state index contributed by atoms with van der Waals surface area (Å²) >= 11 is 0. The van der Waals surface area contributed by atoms with Crippen LogP contribution in [0, 0.1) is 5.92 Å². The lowest BCUT2D eigenvalue weighted by molar-refractivity contribution is -0.0245. The molecule has 1 fully saturated rings. The van der Waals surface area contributed by atoms with Gasteiger partial charge in [-0.15, -0.1) is 0 Å². The molecule has 2 rings (SSSR count). The molecule has 1 aliphatic rings. The van der Waals surface area contributed by atoms with Crippen molar-refractivity contribution < 1.29 is 9.84 Å². The largest absolute Gasteiger partial charge is 0.465 e. The number of unbranched alkanes of at least 4 members (excludes halogenated alkanes) is 2. The lowest BCUT2D eigenvalue weighted by atomic mass is 9.77. The van der Waals surface area contributed by atoms with Crippen LogP contribution < -0.4 is 4.74 Å². The van der Waals surface area contributed by atoms with Crippen LogP contribution in [0.1, 0.15) is 89.5 Å². The van der Waals surface area contributed by atoms with Crippen LogP contribution in [0.25, 0.3) is 0 Å². The molecule has 0 saturated heterocycles. The molecule has 1 aromatic carbocycles. The zero-order chi connectivity index (χ0) is 16.5. The lowest BCUT2D eigenvalue weighted by Gasteiger charge is -2.28. The molecule has 1 atom stereocenters. The summed E-state index contributed by atoms with van der Waals surface area (Å²) in [6, 6.07) is 8.44. The molecule has 1 N–H and O–H groups in total. The van der Waals surface area contributed by atoms with Gasteiger partial charge in [-0.05, 0) is 61.6 Å². The van der Waals surface area contributed by atoms with E-state index in [2.05, 4.69) is 26.0 Å². The Balaban J connectivity index is 1.78. The zero-order valence-electron chi connectivity index (χ0n) is 15.0. The average molecular weight is 319 g/mol. The van der Waals surface area contributed by atoms with Crippen molar-refractivity contribution in [3.63, 3.8) is 0 Å². The third-order valence-electron chi connectivity index (χ3n) is 5.22. The summed E-state index contributed by atoms with van der Waals surface area (Å²) in [5, 5.41) is 9.90. The molecule has 0 radical (unpaired) electrons. The first-order valence-corrected chi connectivity index (χ1v) is 9.67. The van der Waals surface area contributed by atoms with Gasteiger partial charge in [0.15, 0.2) is 6.29 Å². The predicted molar refractivity (Wildman–Crippen MR) is 96.8 cm³/mol. The topological polar surface area (TPSA) is 29.5 Å². The molecule has 0 bridgehead atoms. The van der Waals surface area contributed by atoms with Gasteiger partial charge in [0.2, 0.25) is 0 Å². The third-order valence-corrected chi connectivity index (χ3v) is 5.22. The monoisotopic (exact) mass is 318 g/mol. The summed E-state index contributed by atoms with van der Waals surface area (Å²) in [5.41, 5.74) is 1.44. The summed E-state index contributed by atoms with van der Waals surface area (Å²) in [5.74, 6) is 2.46. The summed E-state index contributed by atoms with van der Waals surface area (Å²) in [4.78, 5) is 0. The van der Waals surface area contributed by atoms with E-state index in [-0.39, 0.29) is 0 Å². The average Bonchev–Trinajstić information content (AvgIpc) is 2.57. The summed E-state index contributed by atoms with van der Waals surface area (Å²) < 4.78 is 5.61. The standard InChI is InChI=1S/C21H34O2/c1-3-5-6-8-21(22)23-20-15-13-19(14-16-20)18-11-9-17(7-4-2)10-12-18/h13-18,21-22H,3-12H2,1-2H3/t17-,18-,21?. The van der Waals surface area contributed by atoms with Gasteiger partial charge in [0, 0.05) is 6.42 Å². The highest BCUT2D eigenvalue weighted by Gasteiger charge is 2.21. The van der Waals surface area contributed by atoms with E-state index in [9.17, 15) is 5.11 Å². The maximum atomic E-state index is 9.90. The third kappa shape index (κ3) is 6.18. The van der Waals surface area contributed by atoms with Crippen LogP contribution in [0.2, 0.25) is 0 Å². The fraction of sp³-hybridized carbons (Fsp3) is 0.714. The Morgan fingerprint density at radius 3 is 2.30 bits per heavy atom. The Labute approximate surface area is 142 Å². The smallest absolute Gasteiger partial charge is 0.197 e. The number of ether oxygens (including phenoxy) is 1. The minimum atomic E-state index is -0.670. The van der Waals surface area contributed by atoms with Gasteiger partial charge >= 0.3 is 0 Å². The first-order valence-electron chi connectivity index (χ1n) is 9.67. The Kier molecular flexibility index (Phi) is 7.94. The molecule has 0 aliphatic heterocycles. The normalized spacial score (nSPS) is 22.7. The van der Waals surface area contributed by atoms with Gasteiger partial charge in [-0.3, -0.25) is 0 Å². The maximum absolute atomic E-state index is 9.90. The predicted octanol–water partition coefficient (Wildman–Crippen LogP) is 6.04. The van der Waals surface area contributed by atoms with Gasteiger partial charge in [-0.1, -0.05) is 51.7 Å². The van der Waals surface area contributed by atoms with Crippen LogP contribution in [0.4, 0.5) is 0 Å². The Bertz CT molecular complexity index is 418. The summed E-state index contributed by atoms with van der Waals surface area (Å²) in [6.45, 7) is 4.46. The molecule has 0 aromatic heterocycles. The van der Waals surface area contributed by atoms with Crippen molar-refractivity contribution in [2.75, 3.05) is 0 Å². The molecule has 0 amide bonds.